The van der Waals surface area contributed by atoms with Crippen molar-refractivity contribution < 1.29 is 18.7 Å². The van der Waals surface area contributed by atoms with Gasteiger partial charge in [-0.15, -0.1) is 0 Å². The molecule has 1 aliphatic rings. The van der Waals surface area contributed by atoms with Crippen molar-refractivity contribution in [2.24, 2.45) is 0 Å². The van der Waals surface area contributed by atoms with Gasteiger partial charge in [0.25, 0.3) is 5.91 Å². The lowest BCUT2D eigenvalue weighted by Crippen LogP contribution is -2.48. The Morgan fingerprint density at radius 3 is 2.44 bits per heavy atom. The third kappa shape index (κ3) is 5.36. The largest absolute Gasteiger partial charge is 0.497 e. The van der Waals surface area contributed by atoms with Crippen molar-refractivity contribution in [1.29, 1.82) is 0 Å². The van der Waals surface area contributed by atoms with Crippen LogP contribution in [0, 0.1) is 0 Å². The summed E-state index contributed by atoms with van der Waals surface area (Å²) in [6.45, 7) is 3.77. The molecule has 0 atom stereocenters. The third-order valence-electron chi connectivity index (χ3n) is 5.45. The Morgan fingerprint density at radius 2 is 1.72 bits per heavy atom. The van der Waals surface area contributed by atoms with E-state index in [0.717, 1.165) is 25.2 Å². The van der Waals surface area contributed by atoms with Crippen molar-refractivity contribution in [1.82, 2.24) is 9.80 Å². The number of hydrogen-bond donors (Lipinski definition) is 0. The first-order valence-electron chi connectivity index (χ1n) is 10.6. The van der Waals surface area contributed by atoms with Gasteiger partial charge in [-0.05, 0) is 23.3 Å². The average molecular weight is 434 g/mol. The molecular formula is C25H26N2O5. The topological polar surface area (TPSA) is 72.2 Å². The van der Waals surface area contributed by atoms with E-state index in [0.29, 0.717) is 18.8 Å². The van der Waals surface area contributed by atoms with Gasteiger partial charge in [0.05, 0.1) is 7.11 Å². The highest BCUT2D eigenvalue weighted by Gasteiger charge is 2.24. The van der Waals surface area contributed by atoms with Crippen LogP contribution >= 0.6 is 0 Å². The Bertz CT molecular complexity index is 1100. The Kier molecular flexibility index (Phi) is 6.87. The van der Waals surface area contributed by atoms with Gasteiger partial charge in [0.2, 0.25) is 11.2 Å². The molecule has 1 fully saturated rings. The summed E-state index contributed by atoms with van der Waals surface area (Å²) < 4.78 is 16.2. The number of hydrogen-bond acceptors (Lipinski definition) is 6. The number of rotatable bonds is 7. The van der Waals surface area contributed by atoms with E-state index in [1.807, 2.05) is 42.5 Å². The molecule has 0 aliphatic carbocycles. The van der Waals surface area contributed by atoms with Gasteiger partial charge in [-0.1, -0.05) is 42.5 Å². The molecular weight excluding hydrogens is 408 g/mol. The molecule has 0 saturated carbocycles. The summed E-state index contributed by atoms with van der Waals surface area (Å²) in [4.78, 5) is 29.3. The third-order valence-corrected chi connectivity index (χ3v) is 5.45. The van der Waals surface area contributed by atoms with Crippen molar-refractivity contribution >= 4 is 5.91 Å². The fourth-order valence-corrected chi connectivity index (χ4v) is 3.65. The quantitative estimate of drug-likeness (QED) is 0.569. The molecule has 1 aliphatic heterocycles. The van der Waals surface area contributed by atoms with E-state index in [9.17, 15) is 9.59 Å². The van der Waals surface area contributed by atoms with Gasteiger partial charge in [-0.3, -0.25) is 14.5 Å². The van der Waals surface area contributed by atoms with Crippen LogP contribution in [0.2, 0.25) is 0 Å². The number of carbonyl (C=O) groups is 1. The van der Waals surface area contributed by atoms with Gasteiger partial charge in [-0.2, -0.15) is 0 Å². The first-order chi connectivity index (χ1) is 15.6. The molecule has 4 rings (SSSR count). The fourth-order valence-electron chi connectivity index (χ4n) is 3.65. The second kappa shape index (κ2) is 10.2. The smallest absolute Gasteiger partial charge is 0.289 e. The van der Waals surface area contributed by atoms with Crippen LogP contribution in [0.15, 0.2) is 76.1 Å². The monoisotopic (exact) mass is 434 g/mol. The molecule has 3 aromatic rings. The maximum atomic E-state index is 12.8. The molecule has 1 saturated heterocycles. The van der Waals surface area contributed by atoms with Crippen molar-refractivity contribution in [2.75, 3.05) is 33.3 Å². The summed E-state index contributed by atoms with van der Waals surface area (Å²) in [5, 5.41) is 0. The number of nitrogens with zero attached hydrogens (tertiary/aromatic N) is 2. The zero-order valence-corrected chi connectivity index (χ0v) is 18.0. The molecule has 32 heavy (non-hydrogen) atoms. The van der Waals surface area contributed by atoms with E-state index in [2.05, 4.69) is 17.0 Å². The van der Waals surface area contributed by atoms with Crippen LogP contribution in [0.5, 0.6) is 11.5 Å². The maximum Gasteiger partial charge on any atom is 0.289 e. The molecule has 1 amide bonds. The molecule has 0 bridgehead atoms. The van der Waals surface area contributed by atoms with Crippen molar-refractivity contribution in [2.45, 2.75) is 13.2 Å². The lowest BCUT2D eigenvalue weighted by Gasteiger charge is -2.34. The number of benzene rings is 2. The summed E-state index contributed by atoms with van der Waals surface area (Å²) in [7, 11) is 1.59. The highest BCUT2D eigenvalue weighted by atomic mass is 16.5. The van der Waals surface area contributed by atoms with Crippen LogP contribution in [0.25, 0.3) is 0 Å². The number of carbonyl (C=O) groups excluding carboxylic acids is 1. The Hall–Kier alpha value is -3.58. The van der Waals surface area contributed by atoms with Gasteiger partial charge in [0.15, 0.2) is 5.76 Å². The standard InChI is InChI=1S/C25H26N2O5/c1-30-21-9-5-8-20(14-21)17-31-24-18-32-23(15-22(24)28)25(29)27-12-10-26(11-13-27)16-19-6-3-2-4-7-19/h2-9,14-15,18H,10-13,16-17H2,1H3. The average Bonchev–Trinajstić information content (AvgIpc) is 2.84. The summed E-state index contributed by atoms with van der Waals surface area (Å²) in [6.07, 6.45) is 1.21. The van der Waals surface area contributed by atoms with Crippen LogP contribution in [0.3, 0.4) is 0 Å². The number of methoxy groups -OCH3 is 1. The van der Waals surface area contributed by atoms with Gasteiger partial charge < -0.3 is 18.8 Å². The minimum absolute atomic E-state index is 0.0280. The molecule has 0 N–H and O–H groups in total. The Balaban J connectivity index is 1.32. The zero-order chi connectivity index (χ0) is 22.3. The predicted molar refractivity (Wildman–Crippen MR) is 120 cm³/mol. The van der Waals surface area contributed by atoms with Crippen LogP contribution in [-0.2, 0) is 13.2 Å². The first-order valence-corrected chi connectivity index (χ1v) is 10.6. The van der Waals surface area contributed by atoms with Crippen molar-refractivity contribution in [3.63, 3.8) is 0 Å². The molecule has 1 aromatic heterocycles. The lowest BCUT2D eigenvalue weighted by molar-refractivity contribution is 0.0594. The summed E-state index contributed by atoms with van der Waals surface area (Å²) in [5.41, 5.74) is 1.73. The minimum atomic E-state index is -0.384. The second-order valence-corrected chi connectivity index (χ2v) is 7.67. The van der Waals surface area contributed by atoms with E-state index < -0.39 is 0 Å². The van der Waals surface area contributed by atoms with E-state index in [1.165, 1.54) is 17.9 Å². The summed E-state index contributed by atoms with van der Waals surface area (Å²) in [6, 6.07) is 18.9. The van der Waals surface area contributed by atoms with Gasteiger partial charge in [-0.25, -0.2) is 0 Å². The van der Waals surface area contributed by atoms with Gasteiger partial charge in [0.1, 0.15) is 18.6 Å². The highest BCUT2D eigenvalue weighted by Crippen LogP contribution is 2.16. The molecule has 0 unspecified atom stereocenters. The van der Waals surface area contributed by atoms with E-state index in [1.54, 1.807) is 12.0 Å². The van der Waals surface area contributed by atoms with Crippen LogP contribution < -0.4 is 14.9 Å². The van der Waals surface area contributed by atoms with Crippen LogP contribution in [0.4, 0.5) is 0 Å². The van der Waals surface area contributed by atoms with Crippen LogP contribution in [0.1, 0.15) is 21.7 Å². The second-order valence-electron chi connectivity index (χ2n) is 7.67. The number of piperazine rings is 1. The Morgan fingerprint density at radius 1 is 0.969 bits per heavy atom. The molecule has 0 spiro atoms. The van der Waals surface area contributed by atoms with E-state index in [-0.39, 0.29) is 29.5 Å². The molecule has 2 aromatic carbocycles. The molecule has 7 nitrogen and oxygen atoms in total. The molecule has 0 radical (unpaired) electrons. The maximum absolute atomic E-state index is 12.8. The molecule has 7 heteroatoms. The molecule has 166 valence electrons. The SMILES string of the molecule is COc1cccc(COc2coc(C(=O)N3CCN(Cc4ccccc4)CC3)cc2=O)c1. The Labute approximate surface area is 186 Å². The van der Waals surface area contributed by atoms with Gasteiger partial charge >= 0.3 is 0 Å². The van der Waals surface area contributed by atoms with E-state index in [4.69, 9.17) is 13.9 Å². The normalized spacial score (nSPS) is 14.2. The first kappa shape index (κ1) is 21.6. The zero-order valence-electron chi connectivity index (χ0n) is 18.0. The van der Waals surface area contributed by atoms with Gasteiger partial charge in [0, 0.05) is 38.8 Å². The van der Waals surface area contributed by atoms with Crippen molar-refractivity contribution in [3.05, 3.63) is 94.0 Å². The fraction of sp³-hybridized carbons (Fsp3) is 0.280. The summed E-state index contributed by atoms with van der Waals surface area (Å²) >= 11 is 0. The molecule has 2 heterocycles. The predicted octanol–water partition coefficient (Wildman–Crippen LogP) is 3.19. The van der Waals surface area contributed by atoms with Crippen molar-refractivity contribution in [3.8, 4) is 11.5 Å². The van der Waals surface area contributed by atoms with E-state index >= 15 is 0 Å². The number of ether oxygens (including phenoxy) is 2. The summed E-state index contributed by atoms with van der Waals surface area (Å²) in [5.74, 6) is 0.529. The highest BCUT2D eigenvalue weighted by molar-refractivity contribution is 5.91. The number of amides is 1. The lowest BCUT2D eigenvalue weighted by atomic mass is 10.2. The minimum Gasteiger partial charge on any atom is -0.497 e. The van der Waals surface area contributed by atoms with Crippen LogP contribution in [-0.4, -0.2) is 49.0 Å².